The molecule has 0 radical (unpaired) electrons. The van der Waals surface area contributed by atoms with E-state index in [4.69, 9.17) is 27.9 Å². The largest absolute Gasteiger partial charge is 0.492 e. The van der Waals surface area contributed by atoms with E-state index in [0.29, 0.717) is 11.6 Å². The molecule has 0 aliphatic heterocycles. The van der Waals surface area contributed by atoms with Gasteiger partial charge in [-0.2, -0.15) is 0 Å². The highest BCUT2D eigenvalue weighted by atomic mass is 35.5. The molecule has 21 heavy (non-hydrogen) atoms. The van der Waals surface area contributed by atoms with E-state index in [2.05, 4.69) is 19.2 Å². The molecule has 0 bridgehead atoms. The van der Waals surface area contributed by atoms with Gasteiger partial charge < -0.3 is 10.1 Å². The lowest BCUT2D eigenvalue weighted by Crippen LogP contribution is -2.06. The third kappa shape index (κ3) is 4.55. The summed E-state index contributed by atoms with van der Waals surface area (Å²) in [6, 6.07) is 13.7. The molecule has 1 N–H and O–H groups in total. The summed E-state index contributed by atoms with van der Waals surface area (Å²) in [5.74, 6) is 0.722. The van der Waals surface area contributed by atoms with Gasteiger partial charge in [-0.25, -0.2) is 0 Å². The number of rotatable bonds is 6. The molecule has 1 unspecified atom stereocenters. The van der Waals surface area contributed by atoms with Crippen LogP contribution in [-0.2, 0) is 0 Å². The van der Waals surface area contributed by atoms with Crippen LogP contribution in [0.1, 0.15) is 31.9 Å². The minimum absolute atomic E-state index is 0.141. The van der Waals surface area contributed by atoms with E-state index in [1.54, 1.807) is 0 Å². The van der Waals surface area contributed by atoms with Crippen molar-refractivity contribution in [3.63, 3.8) is 0 Å². The first kappa shape index (κ1) is 16.0. The van der Waals surface area contributed by atoms with Crippen molar-refractivity contribution in [3.8, 4) is 5.75 Å². The number of halogens is 2. The maximum atomic E-state index is 6.23. The van der Waals surface area contributed by atoms with Crippen LogP contribution in [0.5, 0.6) is 5.75 Å². The summed E-state index contributed by atoms with van der Waals surface area (Å²) in [7, 11) is 0. The summed E-state index contributed by atoms with van der Waals surface area (Å²) < 4.78 is 5.57. The maximum Gasteiger partial charge on any atom is 0.138 e. The van der Waals surface area contributed by atoms with Crippen LogP contribution in [0.4, 0.5) is 5.69 Å². The molecule has 0 saturated carbocycles. The molecule has 0 saturated heterocycles. The number of benzene rings is 2. The predicted molar refractivity (Wildman–Crippen MR) is 90.7 cm³/mol. The van der Waals surface area contributed by atoms with Crippen molar-refractivity contribution >= 4 is 28.9 Å². The molecule has 0 aliphatic rings. The van der Waals surface area contributed by atoms with Gasteiger partial charge in [0.2, 0.25) is 0 Å². The highest BCUT2D eigenvalue weighted by Crippen LogP contribution is 2.30. The average molecular weight is 324 g/mol. The lowest BCUT2D eigenvalue weighted by Gasteiger charge is -2.17. The van der Waals surface area contributed by atoms with Gasteiger partial charge in [-0.3, -0.25) is 0 Å². The molecular weight excluding hydrogens is 305 g/mol. The van der Waals surface area contributed by atoms with Crippen LogP contribution in [0.15, 0.2) is 42.5 Å². The van der Waals surface area contributed by atoms with Crippen molar-refractivity contribution < 1.29 is 4.74 Å². The van der Waals surface area contributed by atoms with Crippen LogP contribution < -0.4 is 10.1 Å². The van der Waals surface area contributed by atoms with Gasteiger partial charge in [0, 0.05) is 16.8 Å². The average Bonchev–Trinajstić information content (AvgIpc) is 2.46. The molecule has 0 aromatic heterocycles. The summed E-state index contributed by atoms with van der Waals surface area (Å²) in [4.78, 5) is 0. The van der Waals surface area contributed by atoms with Crippen LogP contribution in [0.3, 0.4) is 0 Å². The quantitative estimate of drug-likeness (QED) is 0.708. The monoisotopic (exact) mass is 323 g/mol. The second kappa shape index (κ2) is 7.58. The zero-order chi connectivity index (χ0) is 15.2. The minimum atomic E-state index is 0.141. The summed E-state index contributed by atoms with van der Waals surface area (Å²) in [6.07, 6.45) is 0.960. The van der Waals surface area contributed by atoms with Gasteiger partial charge in [0.25, 0.3) is 0 Å². The normalized spacial score (nSPS) is 12.0. The molecule has 2 rings (SSSR count). The molecule has 1 atom stereocenters. The zero-order valence-electron chi connectivity index (χ0n) is 12.2. The van der Waals surface area contributed by atoms with Crippen molar-refractivity contribution in [1.82, 2.24) is 0 Å². The Balaban J connectivity index is 2.07. The van der Waals surface area contributed by atoms with Gasteiger partial charge in [-0.15, -0.1) is 0 Å². The van der Waals surface area contributed by atoms with Crippen molar-refractivity contribution in [2.24, 2.45) is 0 Å². The van der Waals surface area contributed by atoms with E-state index in [-0.39, 0.29) is 6.04 Å². The number of nitrogens with one attached hydrogen (secondary N) is 1. The van der Waals surface area contributed by atoms with Gasteiger partial charge in [0.05, 0.1) is 11.6 Å². The molecule has 0 heterocycles. The highest BCUT2D eigenvalue weighted by molar-refractivity contribution is 6.32. The minimum Gasteiger partial charge on any atom is -0.492 e. The molecule has 112 valence electrons. The van der Waals surface area contributed by atoms with Gasteiger partial charge >= 0.3 is 0 Å². The second-order valence-corrected chi connectivity index (χ2v) is 5.76. The Kier molecular flexibility index (Phi) is 5.77. The second-order valence-electron chi connectivity index (χ2n) is 4.91. The summed E-state index contributed by atoms with van der Waals surface area (Å²) in [6.45, 7) is 4.82. The molecule has 2 nitrogen and oxygen atoms in total. The lowest BCUT2D eigenvalue weighted by atomic mass is 10.1. The van der Waals surface area contributed by atoms with Crippen LogP contribution in [-0.4, -0.2) is 6.61 Å². The standard InChI is InChI=1S/C17H19Cl2NO/c1-3-9-21-17-8-7-15(11-16(17)19)20-12(2)13-5-4-6-14(18)10-13/h4-8,10-12,20H,3,9H2,1-2H3. The Bertz CT molecular complexity index is 601. The third-order valence-electron chi connectivity index (χ3n) is 3.13. The number of hydrogen-bond donors (Lipinski definition) is 1. The van der Waals surface area contributed by atoms with Crippen LogP contribution >= 0.6 is 23.2 Å². The fourth-order valence-corrected chi connectivity index (χ4v) is 2.46. The summed E-state index contributed by atoms with van der Waals surface area (Å²) >= 11 is 12.3. The van der Waals surface area contributed by atoms with E-state index in [0.717, 1.165) is 28.4 Å². The van der Waals surface area contributed by atoms with Gasteiger partial charge in [-0.05, 0) is 49.2 Å². The van der Waals surface area contributed by atoms with Crippen molar-refractivity contribution in [2.45, 2.75) is 26.3 Å². The van der Waals surface area contributed by atoms with E-state index in [9.17, 15) is 0 Å². The smallest absolute Gasteiger partial charge is 0.138 e. The van der Waals surface area contributed by atoms with Crippen LogP contribution in [0.2, 0.25) is 10.0 Å². The number of anilines is 1. The predicted octanol–water partition coefficient (Wildman–Crippen LogP) is 5.96. The Hall–Kier alpha value is -1.38. The van der Waals surface area contributed by atoms with E-state index in [1.165, 1.54) is 0 Å². The Labute approximate surface area is 136 Å². The molecule has 2 aromatic rings. The fourth-order valence-electron chi connectivity index (χ4n) is 2.03. The third-order valence-corrected chi connectivity index (χ3v) is 3.66. The van der Waals surface area contributed by atoms with Gasteiger partial charge in [-0.1, -0.05) is 42.3 Å². The van der Waals surface area contributed by atoms with Gasteiger partial charge in [0.1, 0.15) is 5.75 Å². The summed E-state index contributed by atoms with van der Waals surface area (Å²) in [5, 5.41) is 4.77. The lowest BCUT2D eigenvalue weighted by molar-refractivity contribution is 0.317. The Morgan fingerprint density at radius 3 is 2.62 bits per heavy atom. The molecule has 4 heteroatoms. The molecule has 0 aliphatic carbocycles. The van der Waals surface area contributed by atoms with Crippen LogP contribution in [0, 0.1) is 0 Å². The Morgan fingerprint density at radius 1 is 1.14 bits per heavy atom. The number of ether oxygens (including phenoxy) is 1. The Morgan fingerprint density at radius 2 is 1.95 bits per heavy atom. The number of hydrogen-bond acceptors (Lipinski definition) is 2. The molecule has 0 spiro atoms. The molecular formula is C17H19Cl2NO. The van der Waals surface area contributed by atoms with Crippen molar-refractivity contribution in [1.29, 1.82) is 0 Å². The molecule has 2 aromatic carbocycles. The van der Waals surface area contributed by atoms with Crippen molar-refractivity contribution in [3.05, 3.63) is 58.1 Å². The van der Waals surface area contributed by atoms with E-state index >= 15 is 0 Å². The SMILES string of the molecule is CCCOc1ccc(NC(C)c2cccc(Cl)c2)cc1Cl. The molecule has 0 amide bonds. The first-order valence-corrected chi connectivity index (χ1v) is 7.80. The van der Waals surface area contributed by atoms with Crippen LogP contribution in [0.25, 0.3) is 0 Å². The first-order chi connectivity index (χ1) is 10.1. The van der Waals surface area contributed by atoms with E-state index < -0.39 is 0 Å². The molecule has 0 fully saturated rings. The highest BCUT2D eigenvalue weighted by Gasteiger charge is 2.08. The van der Waals surface area contributed by atoms with E-state index in [1.807, 2.05) is 42.5 Å². The maximum absolute atomic E-state index is 6.23. The fraction of sp³-hybridized carbons (Fsp3) is 0.294. The first-order valence-electron chi connectivity index (χ1n) is 7.04. The topological polar surface area (TPSA) is 21.3 Å². The van der Waals surface area contributed by atoms with Gasteiger partial charge in [0.15, 0.2) is 0 Å². The zero-order valence-corrected chi connectivity index (χ0v) is 13.7. The summed E-state index contributed by atoms with van der Waals surface area (Å²) in [5.41, 5.74) is 2.08. The van der Waals surface area contributed by atoms with Crippen molar-refractivity contribution in [2.75, 3.05) is 11.9 Å².